The van der Waals surface area contributed by atoms with Crippen molar-refractivity contribution in [1.29, 1.82) is 0 Å². The molecule has 4 rings (SSSR count). The van der Waals surface area contributed by atoms with Crippen molar-refractivity contribution < 1.29 is 0 Å². The number of benzene rings is 2. The molecule has 4 N–H and O–H groups in total. The quantitative estimate of drug-likeness (QED) is 0.630. The van der Waals surface area contributed by atoms with E-state index in [0.717, 1.165) is 41.1 Å². The third-order valence-corrected chi connectivity index (χ3v) is 5.03. The van der Waals surface area contributed by atoms with Crippen molar-refractivity contribution in [3.8, 4) is 0 Å². The van der Waals surface area contributed by atoms with Gasteiger partial charge in [0, 0.05) is 5.56 Å². The van der Waals surface area contributed by atoms with E-state index >= 15 is 0 Å². The van der Waals surface area contributed by atoms with Crippen molar-refractivity contribution in [3.63, 3.8) is 0 Å². The number of nitrogens with zero attached hydrogens (tertiary/aromatic N) is 1. The first-order valence-electron chi connectivity index (χ1n) is 8.90. The minimum absolute atomic E-state index is 0.730. The fourth-order valence-electron chi connectivity index (χ4n) is 3.62. The van der Waals surface area contributed by atoms with Crippen LogP contribution < -0.4 is 16.6 Å². The van der Waals surface area contributed by atoms with Gasteiger partial charge in [-0.25, -0.2) is 5.84 Å². The molecule has 3 heteroatoms. The number of aryl methyl sites for hydroxylation is 1. The third-order valence-electron chi connectivity index (χ3n) is 5.03. The molecule has 0 radical (unpaired) electrons. The molecule has 130 valence electrons. The van der Waals surface area contributed by atoms with Crippen LogP contribution >= 0.6 is 0 Å². The first-order chi connectivity index (χ1) is 12.6. The Hall–Kier alpha value is -3.04. The van der Waals surface area contributed by atoms with Crippen LogP contribution in [0.3, 0.4) is 0 Å². The molecule has 0 spiro atoms. The molecule has 0 heterocycles. The molecule has 0 fully saturated rings. The van der Waals surface area contributed by atoms with E-state index in [9.17, 15) is 0 Å². The van der Waals surface area contributed by atoms with E-state index in [1.54, 1.807) is 5.01 Å². The second kappa shape index (κ2) is 6.70. The van der Waals surface area contributed by atoms with Gasteiger partial charge in [-0.15, -0.1) is 0 Å². The van der Waals surface area contributed by atoms with Gasteiger partial charge in [-0.2, -0.15) is 0 Å². The van der Waals surface area contributed by atoms with E-state index in [1.165, 1.54) is 16.7 Å². The van der Waals surface area contributed by atoms with Crippen LogP contribution in [0.2, 0.25) is 0 Å². The highest BCUT2D eigenvalue weighted by Gasteiger charge is 2.24. The van der Waals surface area contributed by atoms with Gasteiger partial charge in [-0.3, -0.25) is 5.01 Å². The summed E-state index contributed by atoms with van der Waals surface area (Å²) < 4.78 is 0. The second-order valence-electron chi connectivity index (χ2n) is 6.81. The summed E-state index contributed by atoms with van der Waals surface area (Å²) in [6, 6.07) is 16.6. The van der Waals surface area contributed by atoms with Crippen LogP contribution in [0.1, 0.15) is 23.1 Å². The second-order valence-corrected chi connectivity index (χ2v) is 6.81. The molecule has 0 saturated carbocycles. The molecule has 2 aromatic carbocycles. The number of hydrogen-bond donors (Lipinski definition) is 2. The van der Waals surface area contributed by atoms with Gasteiger partial charge >= 0.3 is 0 Å². The van der Waals surface area contributed by atoms with Crippen LogP contribution in [0.5, 0.6) is 0 Å². The number of rotatable bonds is 2. The van der Waals surface area contributed by atoms with Gasteiger partial charge in [-0.05, 0) is 43.0 Å². The zero-order valence-corrected chi connectivity index (χ0v) is 14.9. The van der Waals surface area contributed by atoms with Crippen molar-refractivity contribution in [2.24, 2.45) is 11.6 Å². The van der Waals surface area contributed by atoms with Gasteiger partial charge < -0.3 is 5.73 Å². The number of anilines is 1. The topological polar surface area (TPSA) is 55.3 Å². The Morgan fingerprint density at radius 2 is 1.73 bits per heavy atom. The summed E-state index contributed by atoms with van der Waals surface area (Å²) >= 11 is 0. The summed E-state index contributed by atoms with van der Waals surface area (Å²) in [6.07, 6.45) is 10.2. The molecule has 3 nitrogen and oxygen atoms in total. The summed E-state index contributed by atoms with van der Waals surface area (Å²) in [7, 11) is 0. The first-order valence-corrected chi connectivity index (χ1v) is 8.90. The molecule has 2 aliphatic carbocycles. The summed E-state index contributed by atoms with van der Waals surface area (Å²) in [5.41, 5.74) is 15.2. The monoisotopic (exact) mass is 341 g/mol. The normalized spacial score (nSPS) is 16.1. The molecule has 0 aromatic heterocycles. The molecule has 2 aliphatic rings. The Bertz CT molecular complexity index is 959. The van der Waals surface area contributed by atoms with Gasteiger partial charge in [0.05, 0.1) is 17.1 Å². The highest BCUT2D eigenvalue weighted by Crippen LogP contribution is 2.36. The standard InChI is InChI=1S/C23H23N3/c1-16-11-13-19(14-12-16)26(25)23-21-10-6-5-8-18(21)15-17-7-3-2-4-9-20(17)22(23)24/h2-6,8-14H,7,15,24-25H2,1H3. The number of nitrogens with two attached hydrogens (primary N) is 2. The lowest BCUT2D eigenvalue weighted by molar-refractivity contribution is 1.05. The fourth-order valence-corrected chi connectivity index (χ4v) is 3.62. The van der Waals surface area contributed by atoms with Crippen LogP contribution in [0, 0.1) is 6.92 Å². The maximum Gasteiger partial charge on any atom is 0.0885 e. The fraction of sp³-hybridized carbons (Fsp3) is 0.130. The van der Waals surface area contributed by atoms with E-state index < -0.39 is 0 Å². The third kappa shape index (κ3) is 2.87. The van der Waals surface area contributed by atoms with Crippen molar-refractivity contribution in [2.45, 2.75) is 19.8 Å². The van der Waals surface area contributed by atoms with Crippen LogP contribution in [-0.2, 0) is 6.42 Å². The van der Waals surface area contributed by atoms with Gasteiger partial charge in [0.2, 0.25) is 0 Å². The molecule has 0 saturated heterocycles. The van der Waals surface area contributed by atoms with Crippen LogP contribution in [-0.4, -0.2) is 0 Å². The SMILES string of the molecule is Cc1ccc(N(N)C2=C(N)C3=C(CC=CC=C3)Cc3ccccc32)cc1. The highest BCUT2D eigenvalue weighted by molar-refractivity contribution is 5.85. The average Bonchev–Trinajstić information content (AvgIpc) is 2.94. The van der Waals surface area contributed by atoms with Crippen molar-refractivity contribution >= 4 is 11.4 Å². The van der Waals surface area contributed by atoms with Crippen LogP contribution in [0.15, 0.2) is 89.7 Å². The predicted molar refractivity (Wildman–Crippen MR) is 109 cm³/mol. The molecular formula is C23H23N3. The van der Waals surface area contributed by atoms with E-state index in [-0.39, 0.29) is 0 Å². The maximum absolute atomic E-state index is 6.71. The molecule has 0 amide bonds. The van der Waals surface area contributed by atoms with Gasteiger partial charge in [-0.1, -0.05) is 71.8 Å². The predicted octanol–water partition coefficient (Wildman–Crippen LogP) is 4.37. The number of hydrazine groups is 1. The highest BCUT2D eigenvalue weighted by atomic mass is 15.4. The summed E-state index contributed by atoms with van der Waals surface area (Å²) in [5.74, 6) is 6.59. The number of hydrogen-bond acceptors (Lipinski definition) is 3. The van der Waals surface area contributed by atoms with E-state index in [2.05, 4.69) is 61.6 Å². The smallest absolute Gasteiger partial charge is 0.0885 e. The lowest BCUT2D eigenvalue weighted by Gasteiger charge is -2.25. The summed E-state index contributed by atoms with van der Waals surface area (Å²) in [4.78, 5) is 0. The van der Waals surface area contributed by atoms with Crippen LogP contribution in [0.4, 0.5) is 5.69 Å². The lowest BCUT2D eigenvalue weighted by Crippen LogP contribution is -2.31. The molecule has 0 aliphatic heterocycles. The summed E-state index contributed by atoms with van der Waals surface area (Å²) in [6.45, 7) is 2.07. The first kappa shape index (κ1) is 16.4. The molecule has 2 aromatic rings. The van der Waals surface area contributed by atoms with E-state index in [1.807, 2.05) is 18.2 Å². The average molecular weight is 341 g/mol. The summed E-state index contributed by atoms with van der Waals surface area (Å²) in [5, 5.41) is 1.72. The van der Waals surface area contributed by atoms with E-state index in [0.29, 0.717) is 0 Å². The molecule has 26 heavy (non-hydrogen) atoms. The largest absolute Gasteiger partial charge is 0.396 e. The molecule has 0 unspecified atom stereocenters. The van der Waals surface area contributed by atoms with Gasteiger partial charge in [0.25, 0.3) is 0 Å². The van der Waals surface area contributed by atoms with Gasteiger partial charge in [0.1, 0.15) is 0 Å². The van der Waals surface area contributed by atoms with Crippen molar-refractivity contribution in [3.05, 3.63) is 106 Å². The number of allylic oxidation sites excluding steroid dienone is 5. The number of fused-ring (bicyclic) bond motifs is 1. The zero-order chi connectivity index (χ0) is 18.1. The molecular weight excluding hydrogens is 318 g/mol. The van der Waals surface area contributed by atoms with Crippen molar-refractivity contribution in [1.82, 2.24) is 0 Å². The minimum Gasteiger partial charge on any atom is -0.396 e. The van der Waals surface area contributed by atoms with Crippen molar-refractivity contribution in [2.75, 3.05) is 5.01 Å². The maximum atomic E-state index is 6.71. The van der Waals surface area contributed by atoms with Gasteiger partial charge in [0.15, 0.2) is 0 Å². The lowest BCUT2D eigenvalue weighted by atomic mass is 9.97. The Morgan fingerprint density at radius 1 is 0.962 bits per heavy atom. The Kier molecular flexibility index (Phi) is 4.23. The Labute approximate surface area is 154 Å². The van der Waals surface area contributed by atoms with E-state index in [4.69, 9.17) is 11.6 Å². The molecule has 0 bridgehead atoms. The Morgan fingerprint density at radius 3 is 2.54 bits per heavy atom. The minimum atomic E-state index is 0.730. The zero-order valence-electron chi connectivity index (χ0n) is 14.9. The Balaban J connectivity index is 1.92. The van der Waals surface area contributed by atoms with Crippen LogP contribution in [0.25, 0.3) is 5.70 Å². The molecule has 0 atom stereocenters.